The summed E-state index contributed by atoms with van der Waals surface area (Å²) in [4.78, 5) is 38.2. The van der Waals surface area contributed by atoms with Crippen molar-refractivity contribution in [3.63, 3.8) is 0 Å². The minimum Gasteiger partial charge on any atom is -0.462 e. The van der Waals surface area contributed by atoms with Crippen molar-refractivity contribution < 1.29 is 28.6 Å². The fraction of sp³-hybridized carbons (Fsp3) is 0.950. The van der Waals surface area contributed by atoms with Crippen LogP contribution in [0.2, 0.25) is 0 Å². The molecular formula is C60H116O6. The maximum Gasteiger partial charge on any atom is 0.306 e. The Labute approximate surface area is 412 Å². The summed E-state index contributed by atoms with van der Waals surface area (Å²) in [6, 6.07) is 0. The summed E-state index contributed by atoms with van der Waals surface area (Å²) in [5.74, 6) is 0.852. The van der Waals surface area contributed by atoms with E-state index in [0.29, 0.717) is 19.3 Å². The van der Waals surface area contributed by atoms with Crippen LogP contribution in [-0.2, 0) is 28.6 Å². The van der Waals surface area contributed by atoms with E-state index in [0.717, 1.165) is 69.6 Å². The first-order valence-electron chi connectivity index (χ1n) is 29.7. The molecule has 0 aliphatic carbocycles. The Morgan fingerprint density at radius 3 is 0.742 bits per heavy atom. The van der Waals surface area contributed by atoms with Crippen LogP contribution in [0.5, 0.6) is 0 Å². The molecule has 0 aromatic rings. The van der Waals surface area contributed by atoms with Crippen molar-refractivity contribution in [1.29, 1.82) is 0 Å². The van der Waals surface area contributed by atoms with E-state index in [1.165, 1.54) is 225 Å². The maximum atomic E-state index is 12.9. The molecule has 0 unspecified atom stereocenters. The number of esters is 3. The Balaban J connectivity index is 4.30. The highest BCUT2D eigenvalue weighted by molar-refractivity contribution is 5.71. The van der Waals surface area contributed by atoms with Crippen LogP contribution in [0.15, 0.2) is 0 Å². The lowest BCUT2D eigenvalue weighted by Crippen LogP contribution is -2.30. The monoisotopic (exact) mass is 933 g/mol. The molecule has 0 aromatic carbocycles. The molecule has 0 N–H and O–H groups in total. The van der Waals surface area contributed by atoms with E-state index < -0.39 is 6.10 Å². The highest BCUT2D eigenvalue weighted by atomic mass is 16.6. The molecule has 0 radical (unpaired) electrons. The van der Waals surface area contributed by atoms with Crippen LogP contribution in [0.4, 0.5) is 0 Å². The van der Waals surface area contributed by atoms with Crippen LogP contribution in [0.1, 0.15) is 336 Å². The average Bonchev–Trinajstić information content (AvgIpc) is 3.29. The maximum absolute atomic E-state index is 12.9. The van der Waals surface area contributed by atoms with Crippen molar-refractivity contribution in [2.45, 2.75) is 343 Å². The second-order valence-electron chi connectivity index (χ2n) is 21.6. The van der Waals surface area contributed by atoms with Crippen LogP contribution in [-0.4, -0.2) is 37.2 Å². The standard InChI is InChI=1S/C60H116O6/c1-6-7-8-9-10-11-12-13-20-25-30-35-40-45-50-58(61)64-53-57(66-60(63)52-47-42-37-32-27-22-17-15-19-24-29-34-39-44-49-56(4)5)54-65-59(62)51-46-41-36-31-26-21-16-14-18-23-28-33-38-43-48-55(2)3/h55-57H,6-54H2,1-5H3/t57-/m0/s1. The molecule has 1 atom stereocenters. The molecule has 0 aliphatic rings. The van der Waals surface area contributed by atoms with Gasteiger partial charge in [-0.15, -0.1) is 0 Å². The van der Waals surface area contributed by atoms with Gasteiger partial charge in [0.05, 0.1) is 0 Å². The Morgan fingerprint density at radius 1 is 0.288 bits per heavy atom. The largest absolute Gasteiger partial charge is 0.462 e. The van der Waals surface area contributed by atoms with Gasteiger partial charge in [-0.05, 0) is 31.1 Å². The van der Waals surface area contributed by atoms with Crippen LogP contribution < -0.4 is 0 Å². The van der Waals surface area contributed by atoms with Gasteiger partial charge in [0, 0.05) is 19.3 Å². The molecule has 0 aromatic heterocycles. The van der Waals surface area contributed by atoms with Crippen molar-refractivity contribution in [1.82, 2.24) is 0 Å². The van der Waals surface area contributed by atoms with Gasteiger partial charge in [0.25, 0.3) is 0 Å². The summed E-state index contributed by atoms with van der Waals surface area (Å²) < 4.78 is 16.9. The molecule has 0 saturated carbocycles. The number of carbonyl (C=O) groups is 3. The van der Waals surface area contributed by atoms with Crippen molar-refractivity contribution in [3.8, 4) is 0 Å². The van der Waals surface area contributed by atoms with E-state index in [9.17, 15) is 14.4 Å². The molecule has 0 heterocycles. The first-order chi connectivity index (χ1) is 32.2. The normalized spacial score (nSPS) is 12.0. The summed E-state index contributed by atoms with van der Waals surface area (Å²) in [6.45, 7) is 11.4. The van der Waals surface area contributed by atoms with Gasteiger partial charge < -0.3 is 14.2 Å². The van der Waals surface area contributed by atoms with Gasteiger partial charge in [-0.2, -0.15) is 0 Å². The predicted octanol–water partition coefficient (Wildman–Crippen LogP) is 19.7. The van der Waals surface area contributed by atoms with Crippen LogP contribution in [0.25, 0.3) is 0 Å². The molecule has 0 aliphatic heterocycles. The van der Waals surface area contributed by atoms with Crippen LogP contribution >= 0.6 is 0 Å². The summed E-state index contributed by atoms with van der Waals surface area (Å²) in [6.07, 6.45) is 56.6. The minimum atomic E-state index is -0.763. The molecule has 0 amide bonds. The number of carbonyl (C=O) groups excluding carboxylic acids is 3. The lowest BCUT2D eigenvalue weighted by Gasteiger charge is -2.18. The number of hydrogen-bond acceptors (Lipinski definition) is 6. The molecule has 0 fully saturated rings. The van der Waals surface area contributed by atoms with Gasteiger partial charge in [0.15, 0.2) is 6.10 Å². The molecule has 0 rings (SSSR count). The van der Waals surface area contributed by atoms with Crippen molar-refractivity contribution in [2.24, 2.45) is 11.8 Å². The topological polar surface area (TPSA) is 78.9 Å². The third-order valence-electron chi connectivity index (χ3n) is 13.7. The van der Waals surface area contributed by atoms with Gasteiger partial charge in [-0.25, -0.2) is 0 Å². The summed E-state index contributed by atoms with van der Waals surface area (Å²) >= 11 is 0. The third kappa shape index (κ3) is 53.4. The molecule has 0 spiro atoms. The second-order valence-corrected chi connectivity index (χ2v) is 21.6. The Hall–Kier alpha value is -1.59. The fourth-order valence-electron chi connectivity index (χ4n) is 9.23. The zero-order chi connectivity index (χ0) is 48.2. The zero-order valence-electron chi connectivity index (χ0n) is 45.3. The van der Waals surface area contributed by atoms with Crippen LogP contribution in [0, 0.1) is 11.8 Å². The van der Waals surface area contributed by atoms with Crippen molar-refractivity contribution in [2.75, 3.05) is 13.2 Å². The molecule has 0 bridgehead atoms. The number of ether oxygens (including phenoxy) is 3. The highest BCUT2D eigenvalue weighted by Crippen LogP contribution is 2.18. The predicted molar refractivity (Wildman–Crippen MR) is 284 cm³/mol. The van der Waals surface area contributed by atoms with Crippen molar-refractivity contribution >= 4 is 17.9 Å². The Bertz CT molecular complexity index is 1010. The molecular weight excluding hydrogens is 817 g/mol. The van der Waals surface area contributed by atoms with Gasteiger partial charge >= 0.3 is 17.9 Å². The van der Waals surface area contributed by atoms with Crippen molar-refractivity contribution in [3.05, 3.63) is 0 Å². The van der Waals surface area contributed by atoms with Gasteiger partial charge in [-0.1, -0.05) is 298 Å². The summed E-state index contributed by atoms with van der Waals surface area (Å²) in [5, 5.41) is 0. The Morgan fingerprint density at radius 2 is 0.500 bits per heavy atom. The van der Waals surface area contributed by atoms with E-state index in [4.69, 9.17) is 14.2 Å². The highest BCUT2D eigenvalue weighted by Gasteiger charge is 2.19. The van der Waals surface area contributed by atoms with Gasteiger partial charge in [0.1, 0.15) is 13.2 Å². The van der Waals surface area contributed by atoms with E-state index in [-0.39, 0.29) is 31.1 Å². The van der Waals surface area contributed by atoms with E-state index in [1.54, 1.807) is 0 Å². The molecule has 6 nitrogen and oxygen atoms in total. The zero-order valence-corrected chi connectivity index (χ0v) is 45.3. The van der Waals surface area contributed by atoms with E-state index in [1.807, 2.05) is 0 Å². The average molecular weight is 934 g/mol. The van der Waals surface area contributed by atoms with E-state index >= 15 is 0 Å². The number of hydrogen-bond donors (Lipinski definition) is 0. The first-order valence-corrected chi connectivity index (χ1v) is 29.7. The molecule has 66 heavy (non-hydrogen) atoms. The quantitative estimate of drug-likeness (QED) is 0.0343. The van der Waals surface area contributed by atoms with Gasteiger partial charge in [-0.3, -0.25) is 14.4 Å². The van der Waals surface area contributed by atoms with Crippen LogP contribution in [0.3, 0.4) is 0 Å². The SMILES string of the molecule is CCCCCCCCCCCCCCCCC(=O)OC[C@@H](COC(=O)CCCCCCCCCCCCCCCCC(C)C)OC(=O)CCCCCCCCCCCCCCCCC(C)C. The van der Waals surface area contributed by atoms with E-state index in [2.05, 4.69) is 34.6 Å². The molecule has 6 heteroatoms. The Kier molecular flexibility index (Phi) is 51.5. The fourth-order valence-corrected chi connectivity index (χ4v) is 9.23. The number of unbranched alkanes of at least 4 members (excludes halogenated alkanes) is 39. The van der Waals surface area contributed by atoms with Gasteiger partial charge in [0.2, 0.25) is 0 Å². The second kappa shape index (κ2) is 52.8. The lowest BCUT2D eigenvalue weighted by molar-refractivity contribution is -0.167. The minimum absolute atomic E-state index is 0.0623. The first kappa shape index (κ1) is 64.4. The lowest BCUT2D eigenvalue weighted by atomic mass is 10.0. The molecule has 0 saturated heterocycles. The smallest absolute Gasteiger partial charge is 0.306 e. The summed E-state index contributed by atoms with van der Waals surface area (Å²) in [5.41, 5.74) is 0. The third-order valence-corrected chi connectivity index (χ3v) is 13.7. The number of rotatable bonds is 54. The summed E-state index contributed by atoms with van der Waals surface area (Å²) in [7, 11) is 0. The molecule has 392 valence electrons.